The lowest BCUT2D eigenvalue weighted by atomic mass is 9.83. The van der Waals surface area contributed by atoms with E-state index in [0.29, 0.717) is 36.0 Å². The van der Waals surface area contributed by atoms with E-state index in [2.05, 4.69) is 6.07 Å². The van der Waals surface area contributed by atoms with Gasteiger partial charge in [-0.05, 0) is 48.7 Å². The van der Waals surface area contributed by atoms with Crippen molar-refractivity contribution in [1.29, 1.82) is 5.26 Å². The molecule has 0 spiro atoms. The second-order valence-electron chi connectivity index (χ2n) is 8.91. The van der Waals surface area contributed by atoms with E-state index >= 15 is 0 Å². The lowest BCUT2D eigenvalue weighted by Crippen LogP contribution is -2.21. The number of ether oxygens (including phenoxy) is 4. The van der Waals surface area contributed by atoms with E-state index in [1.54, 1.807) is 18.2 Å². The van der Waals surface area contributed by atoms with Gasteiger partial charge in [0.1, 0.15) is 28.9 Å². The Bertz CT molecular complexity index is 1420. The number of nitrogens with zero attached hydrogens (tertiary/aromatic N) is 1. The Hall–Kier alpha value is -3.86. The molecule has 39 heavy (non-hydrogen) atoms. The number of halogens is 2. The first-order valence-corrected chi connectivity index (χ1v) is 13.4. The number of unbranched alkanes of at least 4 members (excludes halogenated alkanes) is 1. The fourth-order valence-electron chi connectivity index (χ4n) is 4.15. The average Bonchev–Trinajstić information content (AvgIpc) is 2.92. The molecule has 3 aromatic carbocycles. The zero-order valence-electron chi connectivity index (χ0n) is 21.6. The zero-order valence-corrected chi connectivity index (χ0v) is 23.1. The van der Waals surface area contributed by atoms with Crippen molar-refractivity contribution in [3.63, 3.8) is 0 Å². The van der Waals surface area contributed by atoms with Gasteiger partial charge in [0.25, 0.3) is 0 Å². The summed E-state index contributed by atoms with van der Waals surface area (Å²) in [4.78, 5) is 12.9. The van der Waals surface area contributed by atoms with Gasteiger partial charge in [0.2, 0.25) is 5.88 Å². The molecule has 0 saturated heterocycles. The maximum absolute atomic E-state index is 12.9. The molecule has 0 aromatic heterocycles. The van der Waals surface area contributed by atoms with Gasteiger partial charge in [-0.2, -0.15) is 5.26 Å². The van der Waals surface area contributed by atoms with Gasteiger partial charge in [0.15, 0.2) is 5.75 Å². The Kier molecular flexibility index (Phi) is 9.23. The summed E-state index contributed by atoms with van der Waals surface area (Å²) in [6.07, 6.45) is 2.69. The molecular weight excluding hydrogens is 539 g/mol. The Morgan fingerprint density at radius 2 is 1.77 bits per heavy atom. The van der Waals surface area contributed by atoms with Gasteiger partial charge < -0.3 is 24.7 Å². The van der Waals surface area contributed by atoms with Gasteiger partial charge >= 0.3 is 5.97 Å². The van der Waals surface area contributed by atoms with E-state index in [-0.39, 0.29) is 32.8 Å². The standard InChI is InChI=1S/C30H28Cl2N2O5/c1-3-5-12-37-28-24(31)14-19(15-25(28)32)30(35)38-21-9-10-22-26(16-21)39-29(34)23(17-33)27(22)18-7-6-8-20(13-18)36-11-4-2/h6-10,13-16,27H,3-5,11-12,34H2,1-2H3. The fraction of sp³-hybridized carbons (Fsp3) is 0.267. The summed E-state index contributed by atoms with van der Waals surface area (Å²) in [5.74, 6) is 0.466. The van der Waals surface area contributed by atoms with E-state index in [1.807, 2.05) is 38.1 Å². The maximum atomic E-state index is 12.9. The topological polar surface area (TPSA) is 104 Å². The van der Waals surface area contributed by atoms with Gasteiger partial charge in [-0.1, -0.05) is 61.7 Å². The number of benzene rings is 3. The third-order valence-electron chi connectivity index (χ3n) is 6.04. The molecule has 1 aliphatic heterocycles. The van der Waals surface area contributed by atoms with Crippen molar-refractivity contribution < 1.29 is 23.7 Å². The normalized spacial score (nSPS) is 14.2. The van der Waals surface area contributed by atoms with E-state index in [1.165, 1.54) is 12.1 Å². The maximum Gasteiger partial charge on any atom is 0.343 e. The van der Waals surface area contributed by atoms with Crippen molar-refractivity contribution in [3.8, 4) is 29.1 Å². The number of esters is 1. The minimum Gasteiger partial charge on any atom is -0.494 e. The van der Waals surface area contributed by atoms with Crippen LogP contribution in [0.1, 0.15) is 60.5 Å². The molecule has 1 heterocycles. The Morgan fingerprint density at radius 3 is 2.46 bits per heavy atom. The monoisotopic (exact) mass is 566 g/mol. The summed E-state index contributed by atoms with van der Waals surface area (Å²) in [5, 5.41) is 10.3. The highest BCUT2D eigenvalue weighted by atomic mass is 35.5. The minimum atomic E-state index is -0.659. The number of carbonyl (C=O) groups is 1. The van der Waals surface area contributed by atoms with Crippen LogP contribution in [-0.2, 0) is 0 Å². The fourth-order valence-corrected chi connectivity index (χ4v) is 4.74. The molecule has 0 fully saturated rings. The number of rotatable bonds is 10. The highest BCUT2D eigenvalue weighted by Gasteiger charge is 2.31. The second kappa shape index (κ2) is 12.8. The number of fused-ring (bicyclic) bond motifs is 1. The summed E-state index contributed by atoms with van der Waals surface area (Å²) < 4.78 is 22.8. The van der Waals surface area contributed by atoms with Crippen LogP contribution in [0.15, 0.2) is 66.1 Å². The summed E-state index contributed by atoms with van der Waals surface area (Å²) >= 11 is 12.6. The van der Waals surface area contributed by atoms with Crippen LogP contribution in [-0.4, -0.2) is 19.2 Å². The second-order valence-corrected chi connectivity index (χ2v) is 9.72. The molecule has 0 saturated carbocycles. The highest BCUT2D eigenvalue weighted by Crippen LogP contribution is 2.44. The SMILES string of the molecule is CCCCOc1c(Cl)cc(C(=O)Oc2ccc3c(c2)OC(N)=C(C#N)C3c2cccc(OCCC)c2)cc1Cl. The number of nitriles is 1. The van der Waals surface area contributed by atoms with Crippen molar-refractivity contribution in [1.82, 2.24) is 0 Å². The predicted molar refractivity (Wildman–Crippen MR) is 150 cm³/mol. The van der Waals surface area contributed by atoms with E-state index < -0.39 is 11.9 Å². The van der Waals surface area contributed by atoms with Crippen molar-refractivity contribution in [3.05, 3.63) is 92.8 Å². The Morgan fingerprint density at radius 1 is 1.00 bits per heavy atom. The number of hydrogen-bond acceptors (Lipinski definition) is 7. The molecule has 0 radical (unpaired) electrons. The van der Waals surface area contributed by atoms with Crippen LogP contribution in [0, 0.1) is 11.3 Å². The van der Waals surface area contributed by atoms with Crippen LogP contribution in [0.25, 0.3) is 0 Å². The molecule has 3 aromatic rings. The number of carbonyl (C=O) groups excluding carboxylic acids is 1. The van der Waals surface area contributed by atoms with Crippen molar-refractivity contribution in [2.45, 2.75) is 39.0 Å². The number of nitrogens with two attached hydrogens (primary N) is 1. The third kappa shape index (κ3) is 6.42. The van der Waals surface area contributed by atoms with E-state index in [9.17, 15) is 10.1 Å². The average molecular weight is 567 g/mol. The van der Waals surface area contributed by atoms with Crippen LogP contribution < -0.4 is 24.7 Å². The molecule has 1 unspecified atom stereocenters. The molecule has 0 bridgehead atoms. The van der Waals surface area contributed by atoms with Gasteiger partial charge in [0, 0.05) is 11.6 Å². The summed E-state index contributed by atoms with van der Waals surface area (Å²) in [7, 11) is 0. The van der Waals surface area contributed by atoms with Gasteiger partial charge in [-0.3, -0.25) is 0 Å². The van der Waals surface area contributed by atoms with Gasteiger partial charge in [-0.25, -0.2) is 4.79 Å². The first-order valence-electron chi connectivity index (χ1n) is 12.6. The van der Waals surface area contributed by atoms with Crippen LogP contribution in [0.5, 0.6) is 23.0 Å². The summed E-state index contributed by atoms with van der Waals surface area (Å²) in [6, 6.07) is 17.5. The largest absolute Gasteiger partial charge is 0.494 e. The Balaban J connectivity index is 1.60. The lowest BCUT2D eigenvalue weighted by molar-refractivity contribution is 0.0734. The molecule has 202 valence electrons. The number of hydrogen-bond donors (Lipinski definition) is 1. The molecular formula is C30H28Cl2N2O5. The smallest absolute Gasteiger partial charge is 0.343 e. The van der Waals surface area contributed by atoms with Gasteiger partial charge in [0.05, 0.1) is 34.7 Å². The molecule has 4 rings (SSSR count). The molecule has 2 N–H and O–H groups in total. The quantitative estimate of drug-likeness (QED) is 0.155. The highest BCUT2D eigenvalue weighted by molar-refractivity contribution is 6.37. The van der Waals surface area contributed by atoms with Crippen LogP contribution in [0.4, 0.5) is 0 Å². The molecule has 9 heteroatoms. The third-order valence-corrected chi connectivity index (χ3v) is 6.61. The molecule has 1 aliphatic rings. The molecule has 0 aliphatic carbocycles. The summed E-state index contributed by atoms with van der Waals surface area (Å²) in [6.45, 7) is 5.13. The molecule has 1 atom stereocenters. The number of allylic oxidation sites excluding steroid dienone is 1. The van der Waals surface area contributed by atoms with Crippen LogP contribution >= 0.6 is 23.2 Å². The zero-order chi connectivity index (χ0) is 27.9. The van der Waals surface area contributed by atoms with Crippen LogP contribution in [0.3, 0.4) is 0 Å². The summed E-state index contributed by atoms with van der Waals surface area (Å²) in [5.41, 5.74) is 8.11. The van der Waals surface area contributed by atoms with Crippen LogP contribution in [0.2, 0.25) is 10.0 Å². The molecule has 0 amide bonds. The first kappa shape index (κ1) is 28.2. The van der Waals surface area contributed by atoms with E-state index in [0.717, 1.165) is 24.8 Å². The van der Waals surface area contributed by atoms with Gasteiger partial charge in [-0.15, -0.1) is 0 Å². The van der Waals surface area contributed by atoms with E-state index in [4.69, 9.17) is 47.9 Å². The van der Waals surface area contributed by atoms with Crippen molar-refractivity contribution in [2.75, 3.05) is 13.2 Å². The lowest BCUT2D eigenvalue weighted by Gasteiger charge is -2.27. The molecule has 7 nitrogen and oxygen atoms in total. The Labute approximate surface area is 237 Å². The minimum absolute atomic E-state index is 0.0180. The predicted octanol–water partition coefficient (Wildman–Crippen LogP) is 7.40. The van der Waals surface area contributed by atoms with Crippen molar-refractivity contribution >= 4 is 29.2 Å². The first-order chi connectivity index (χ1) is 18.9. The van der Waals surface area contributed by atoms with Crippen molar-refractivity contribution in [2.24, 2.45) is 5.73 Å².